The van der Waals surface area contributed by atoms with Crippen LogP contribution in [0.1, 0.15) is 30.5 Å². The van der Waals surface area contributed by atoms with Crippen molar-refractivity contribution < 1.29 is 14.6 Å². The van der Waals surface area contributed by atoms with Gasteiger partial charge in [0, 0.05) is 44.4 Å². The van der Waals surface area contributed by atoms with E-state index in [9.17, 15) is 9.90 Å². The maximum Gasteiger partial charge on any atom is 0.221 e. The normalized spacial score (nSPS) is 16.5. The van der Waals surface area contributed by atoms with E-state index in [0.29, 0.717) is 13.2 Å². The predicted octanol–water partition coefficient (Wildman–Crippen LogP) is 2.81. The molecule has 0 fully saturated rings. The average Bonchev–Trinajstić information content (AvgIpc) is 2.83. The van der Waals surface area contributed by atoms with Crippen LogP contribution < -0.4 is 10.1 Å². The van der Waals surface area contributed by atoms with Crippen molar-refractivity contribution >= 4 is 11.6 Å². The van der Waals surface area contributed by atoms with Crippen LogP contribution in [0.5, 0.6) is 5.75 Å². The van der Waals surface area contributed by atoms with Gasteiger partial charge in [-0.2, -0.15) is 0 Å². The Morgan fingerprint density at radius 3 is 2.62 bits per heavy atom. The summed E-state index contributed by atoms with van der Waals surface area (Å²) in [6, 6.07) is 13.9. The summed E-state index contributed by atoms with van der Waals surface area (Å²) in [4.78, 5) is 15.5. The molecule has 29 heavy (non-hydrogen) atoms. The Labute approximate surface area is 173 Å². The fourth-order valence-corrected chi connectivity index (χ4v) is 3.78. The van der Waals surface area contributed by atoms with Gasteiger partial charge in [0.2, 0.25) is 5.91 Å². The van der Waals surface area contributed by atoms with Gasteiger partial charge in [0.15, 0.2) is 0 Å². The standard InChI is InChI=1S/C23H31N3O3/c1-17(27)24-21-8-5-18(6-9-21)14-26-11-12-29-22-10-7-20(13-19(22)15-26)23(2,28)16-25(3)4/h5-10,13,28H,11-12,14-16H2,1-4H3,(H,24,27). The first-order valence-corrected chi connectivity index (χ1v) is 9.95. The molecule has 1 aliphatic rings. The maximum absolute atomic E-state index is 11.2. The molecule has 0 spiro atoms. The van der Waals surface area contributed by atoms with Crippen LogP contribution in [-0.2, 0) is 23.5 Å². The highest BCUT2D eigenvalue weighted by Gasteiger charge is 2.26. The zero-order valence-electron chi connectivity index (χ0n) is 17.7. The zero-order chi connectivity index (χ0) is 21.0. The number of ether oxygens (including phenoxy) is 1. The van der Waals surface area contributed by atoms with Gasteiger partial charge in [-0.05, 0) is 56.4 Å². The summed E-state index contributed by atoms with van der Waals surface area (Å²) in [5.41, 5.74) is 3.05. The smallest absolute Gasteiger partial charge is 0.221 e. The van der Waals surface area contributed by atoms with Crippen LogP contribution >= 0.6 is 0 Å². The first kappa shape index (κ1) is 21.3. The molecule has 3 rings (SSSR count). The fraction of sp³-hybridized carbons (Fsp3) is 0.435. The van der Waals surface area contributed by atoms with Crippen molar-refractivity contribution in [1.29, 1.82) is 0 Å². The second-order valence-corrected chi connectivity index (χ2v) is 8.27. The molecule has 6 nitrogen and oxygen atoms in total. The molecule has 0 aromatic heterocycles. The summed E-state index contributed by atoms with van der Waals surface area (Å²) >= 11 is 0. The molecule has 2 aromatic carbocycles. The molecule has 156 valence electrons. The molecule has 1 aliphatic heterocycles. The SMILES string of the molecule is CC(=O)Nc1ccc(CN2CCOc3ccc(C(C)(O)CN(C)C)cc3C2)cc1. The van der Waals surface area contributed by atoms with Crippen LogP contribution in [0.4, 0.5) is 5.69 Å². The molecule has 1 heterocycles. The van der Waals surface area contributed by atoms with Crippen molar-refractivity contribution in [2.24, 2.45) is 0 Å². The summed E-state index contributed by atoms with van der Waals surface area (Å²) in [6.45, 7) is 6.91. The number of rotatable bonds is 6. The van der Waals surface area contributed by atoms with Gasteiger partial charge in [0.05, 0.1) is 5.60 Å². The van der Waals surface area contributed by atoms with E-state index in [1.165, 1.54) is 12.5 Å². The zero-order valence-corrected chi connectivity index (χ0v) is 17.7. The minimum Gasteiger partial charge on any atom is -0.492 e. The Kier molecular flexibility index (Phi) is 6.57. The van der Waals surface area contributed by atoms with E-state index in [-0.39, 0.29) is 5.91 Å². The van der Waals surface area contributed by atoms with Crippen molar-refractivity contribution in [3.8, 4) is 5.75 Å². The van der Waals surface area contributed by atoms with E-state index in [2.05, 4.69) is 16.3 Å². The Balaban J connectivity index is 1.74. The number of carbonyl (C=O) groups excluding carboxylic acids is 1. The van der Waals surface area contributed by atoms with Crippen LogP contribution in [0.25, 0.3) is 0 Å². The number of carbonyl (C=O) groups is 1. The van der Waals surface area contributed by atoms with E-state index in [1.807, 2.05) is 62.3 Å². The Morgan fingerprint density at radius 2 is 1.97 bits per heavy atom. The largest absolute Gasteiger partial charge is 0.492 e. The van der Waals surface area contributed by atoms with Gasteiger partial charge in [-0.15, -0.1) is 0 Å². The van der Waals surface area contributed by atoms with E-state index in [0.717, 1.165) is 42.2 Å². The highest BCUT2D eigenvalue weighted by atomic mass is 16.5. The molecule has 0 saturated carbocycles. The summed E-state index contributed by atoms with van der Waals surface area (Å²) in [6.07, 6.45) is 0. The number of hydrogen-bond donors (Lipinski definition) is 2. The van der Waals surface area contributed by atoms with Crippen LogP contribution in [-0.4, -0.2) is 54.6 Å². The molecule has 1 atom stereocenters. The number of nitrogens with one attached hydrogen (secondary N) is 1. The predicted molar refractivity (Wildman–Crippen MR) is 115 cm³/mol. The lowest BCUT2D eigenvalue weighted by Crippen LogP contribution is -2.34. The molecule has 1 unspecified atom stereocenters. The molecule has 0 saturated heterocycles. The van der Waals surface area contributed by atoms with Gasteiger partial charge in [-0.1, -0.05) is 18.2 Å². The van der Waals surface area contributed by atoms with Crippen LogP contribution in [0.15, 0.2) is 42.5 Å². The highest BCUT2D eigenvalue weighted by Crippen LogP contribution is 2.30. The average molecular weight is 398 g/mol. The van der Waals surface area contributed by atoms with Gasteiger partial charge in [0.25, 0.3) is 0 Å². The Hall–Kier alpha value is -2.41. The summed E-state index contributed by atoms with van der Waals surface area (Å²) in [5, 5.41) is 13.7. The molecule has 2 aromatic rings. The molecule has 1 amide bonds. The lowest BCUT2D eigenvalue weighted by atomic mass is 9.93. The Morgan fingerprint density at radius 1 is 1.24 bits per heavy atom. The number of fused-ring (bicyclic) bond motifs is 1. The monoisotopic (exact) mass is 397 g/mol. The summed E-state index contributed by atoms with van der Waals surface area (Å²) in [7, 11) is 3.92. The van der Waals surface area contributed by atoms with E-state index in [4.69, 9.17) is 4.74 Å². The third kappa shape index (κ3) is 5.79. The summed E-state index contributed by atoms with van der Waals surface area (Å²) in [5.74, 6) is 0.817. The number of benzene rings is 2. The van der Waals surface area contributed by atoms with Crippen molar-refractivity contribution in [1.82, 2.24) is 9.80 Å². The first-order chi connectivity index (χ1) is 13.7. The molecule has 0 radical (unpaired) electrons. The van der Waals surface area contributed by atoms with Gasteiger partial charge < -0.3 is 20.1 Å². The third-order valence-corrected chi connectivity index (χ3v) is 5.05. The van der Waals surface area contributed by atoms with E-state index in [1.54, 1.807) is 0 Å². The van der Waals surface area contributed by atoms with Crippen LogP contribution in [0.2, 0.25) is 0 Å². The Bertz CT molecular complexity index is 847. The number of aliphatic hydroxyl groups is 1. The van der Waals surface area contributed by atoms with E-state index >= 15 is 0 Å². The van der Waals surface area contributed by atoms with E-state index < -0.39 is 5.60 Å². The number of anilines is 1. The molecular weight excluding hydrogens is 366 g/mol. The van der Waals surface area contributed by atoms with Gasteiger partial charge >= 0.3 is 0 Å². The third-order valence-electron chi connectivity index (χ3n) is 5.05. The molecule has 6 heteroatoms. The second kappa shape index (κ2) is 8.95. The molecular formula is C23H31N3O3. The first-order valence-electron chi connectivity index (χ1n) is 9.95. The minimum absolute atomic E-state index is 0.0695. The molecule has 2 N–H and O–H groups in total. The van der Waals surface area contributed by atoms with Crippen molar-refractivity contribution in [3.63, 3.8) is 0 Å². The minimum atomic E-state index is -0.921. The maximum atomic E-state index is 11.2. The summed E-state index contributed by atoms with van der Waals surface area (Å²) < 4.78 is 5.95. The second-order valence-electron chi connectivity index (χ2n) is 8.27. The number of amides is 1. The van der Waals surface area contributed by atoms with Crippen molar-refractivity contribution in [3.05, 3.63) is 59.2 Å². The fourth-order valence-electron chi connectivity index (χ4n) is 3.78. The molecule has 0 aliphatic carbocycles. The lowest BCUT2D eigenvalue weighted by molar-refractivity contribution is -0.114. The number of likely N-dealkylation sites (N-methyl/N-ethyl adjacent to an activating group) is 1. The molecule has 0 bridgehead atoms. The number of nitrogens with zero attached hydrogens (tertiary/aromatic N) is 2. The van der Waals surface area contributed by atoms with Gasteiger partial charge in [-0.25, -0.2) is 0 Å². The van der Waals surface area contributed by atoms with Crippen LogP contribution in [0.3, 0.4) is 0 Å². The van der Waals surface area contributed by atoms with Gasteiger partial charge in [0.1, 0.15) is 12.4 Å². The highest BCUT2D eigenvalue weighted by molar-refractivity contribution is 5.88. The van der Waals surface area contributed by atoms with Crippen LogP contribution in [0, 0.1) is 0 Å². The van der Waals surface area contributed by atoms with Gasteiger partial charge in [-0.3, -0.25) is 9.69 Å². The van der Waals surface area contributed by atoms with Crippen molar-refractivity contribution in [2.75, 3.05) is 39.1 Å². The lowest BCUT2D eigenvalue weighted by Gasteiger charge is -2.28. The quantitative estimate of drug-likeness (QED) is 0.785. The number of hydrogen-bond acceptors (Lipinski definition) is 5. The van der Waals surface area contributed by atoms with Crippen molar-refractivity contribution in [2.45, 2.75) is 32.5 Å². The topological polar surface area (TPSA) is 65.0 Å².